The standard InChI is InChI=1S/C18H16FN3O2/c19-14-5-3-4-12(10-14)18(24)22-21-17(23)9-8-13-11-20-16-7-2-1-6-15(13)16/h1-7,10-11,20H,8-9H2,(H,21,23)(H,22,24). The molecule has 0 spiro atoms. The second-order valence-corrected chi connectivity index (χ2v) is 5.37. The number of halogens is 1. The number of H-pyrrole nitrogens is 1. The smallest absolute Gasteiger partial charge is 0.269 e. The van der Waals surface area contributed by atoms with Crippen molar-refractivity contribution in [3.05, 3.63) is 71.7 Å². The van der Waals surface area contributed by atoms with Crippen molar-refractivity contribution in [2.24, 2.45) is 0 Å². The summed E-state index contributed by atoms with van der Waals surface area (Å²) in [6, 6.07) is 13.1. The summed E-state index contributed by atoms with van der Waals surface area (Å²) in [6.45, 7) is 0. The van der Waals surface area contributed by atoms with Crippen LogP contribution in [0, 0.1) is 5.82 Å². The third kappa shape index (κ3) is 3.60. The number of hydrazine groups is 1. The lowest BCUT2D eigenvalue weighted by Crippen LogP contribution is -2.41. The Bertz CT molecular complexity index is 889. The van der Waals surface area contributed by atoms with Crippen LogP contribution in [0.1, 0.15) is 22.3 Å². The minimum atomic E-state index is -0.560. The number of nitrogens with one attached hydrogen (secondary N) is 3. The monoisotopic (exact) mass is 325 g/mol. The van der Waals surface area contributed by atoms with Gasteiger partial charge in [-0.2, -0.15) is 0 Å². The molecule has 3 aromatic rings. The highest BCUT2D eigenvalue weighted by atomic mass is 19.1. The maximum atomic E-state index is 13.1. The van der Waals surface area contributed by atoms with Crippen LogP contribution in [0.2, 0.25) is 0 Å². The molecule has 0 atom stereocenters. The number of benzene rings is 2. The van der Waals surface area contributed by atoms with Crippen LogP contribution in [-0.2, 0) is 11.2 Å². The Morgan fingerprint density at radius 3 is 2.71 bits per heavy atom. The maximum absolute atomic E-state index is 13.1. The van der Waals surface area contributed by atoms with Crippen molar-refractivity contribution in [1.29, 1.82) is 0 Å². The van der Waals surface area contributed by atoms with E-state index in [4.69, 9.17) is 0 Å². The maximum Gasteiger partial charge on any atom is 0.269 e. The third-order valence-electron chi connectivity index (χ3n) is 3.70. The molecule has 0 aliphatic heterocycles. The zero-order chi connectivity index (χ0) is 16.9. The van der Waals surface area contributed by atoms with Crippen molar-refractivity contribution >= 4 is 22.7 Å². The molecule has 0 unspecified atom stereocenters. The van der Waals surface area contributed by atoms with Crippen molar-refractivity contribution in [2.45, 2.75) is 12.8 Å². The minimum Gasteiger partial charge on any atom is -0.361 e. The molecule has 0 radical (unpaired) electrons. The van der Waals surface area contributed by atoms with Crippen LogP contribution in [0.5, 0.6) is 0 Å². The van der Waals surface area contributed by atoms with E-state index in [1.807, 2.05) is 30.5 Å². The Morgan fingerprint density at radius 1 is 1.04 bits per heavy atom. The topological polar surface area (TPSA) is 74.0 Å². The fraction of sp³-hybridized carbons (Fsp3) is 0.111. The zero-order valence-electron chi connectivity index (χ0n) is 12.8. The third-order valence-corrected chi connectivity index (χ3v) is 3.70. The number of aromatic nitrogens is 1. The zero-order valence-corrected chi connectivity index (χ0v) is 12.8. The second-order valence-electron chi connectivity index (χ2n) is 5.37. The highest BCUT2D eigenvalue weighted by Gasteiger charge is 2.09. The quantitative estimate of drug-likeness (QED) is 0.645. The minimum absolute atomic E-state index is 0.145. The molecule has 24 heavy (non-hydrogen) atoms. The number of hydrogen-bond acceptors (Lipinski definition) is 2. The van der Waals surface area contributed by atoms with E-state index in [1.54, 1.807) is 0 Å². The van der Waals surface area contributed by atoms with E-state index >= 15 is 0 Å². The van der Waals surface area contributed by atoms with Gasteiger partial charge in [0.1, 0.15) is 5.82 Å². The first-order valence-electron chi connectivity index (χ1n) is 7.53. The van der Waals surface area contributed by atoms with Gasteiger partial charge < -0.3 is 4.98 Å². The number of carbonyl (C=O) groups is 2. The molecule has 3 N–H and O–H groups in total. The lowest BCUT2D eigenvalue weighted by atomic mass is 10.1. The predicted molar refractivity (Wildman–Crippen MR) is 88.6 cm³/mol. The van der Waals surface area contributed by atoms with Crippen LogP contribution in [0.3, 0.4) is 0 Å². The number of para-hydroxylation sites is 1. The Morgan fingerprint density at radius 2 is 1.88 bits per heavy atom. The van der Waals surface area contributed by atoms with Gasteiger partial charge in [-0.05, 0) is 36.2 Å². The molecule has 0 fully saturated rings. The van der Waals surface area contributed by atoms with Gasteiger partial charge in [-0.15, -0.1) is 0 Å². The normalized spacial score (nSPS) is 10.5. The molecular weight excluding hydrogens is 309 g/mol. The number of aryl methyl sites for hydroxylation is 1. The van der Waals surface area contributed by atoms with Crippen LogP contribution in [0.15, 0.2) is 54.7 Å². The molecule has 0 saturated heterocycles. The summed E-state index contributed by atoms with van der Waals surface area (Å²) in [5, 5.41) is 1.08. The fourth-order valence-corrected chi connectivity index (χ4v) is 2.48. The largest absolute Gasteiger partial charge is 0.361 e. The molecule has 1 heterocycles. The fourth-order valence-electron chi connectivity index (χ4n) is 2.48. The lowest BCUT2D eigenvalue weighted by molar-refractivity contribution is -0.121. The van der Waals surface area contributed by atoms with Crippen molar-refractivity contribution in [3.63, 3.8) is 0 Å². The van der Waals surface area contributed by atoms with E-state index in [0.717, 1.165) is 22.5 Å². The predicted octanol–water partition coefficient (Wildman–Crippen LogP) is 2.70. The van der Waals surface area contributed by atoms with Crippen molar-refractivity contribution in [2.75, 3.05) is 0 Å². The highest BCUT2D eigenvalue weighted by molar-refractivity contribution is 5.95. The molecule has 0 aliphatic carbocycles. The molecule has 0 aliphatic rings. The van der Waals surface area contributed by atoms with Gasteiger partial charge in [0.05, 0.1) is 0 Å². The Labute approximate surface area is 137 Å². The molecule has 2 amide bonds. The summed E-state index contributed by atoms with van der Waals surface area (Å²) in [5.41, 5.74) is 6.83. The summed E-state index contributed by atoms with van der Waals surface area (Å²) in [5.74, 6) is -1.38. The number of rotatable bonds is 4. The first-order chi connectivity index (χ1) is 11.6. The molecule has 5 nitrogen and oxygen atoms in total. The summed E-state index contributed by atoms with van der Waals surface area (Å²) in [4.78, 5) is 26.8. The van der Waals surface area contributed by atoms with Gasteiger partial charge in [0.2, 0.25) is 5.91 Å². The molecule has 1 aromatic heterocycles. The molecule has 6 heteroatoms. The molecular formula is C18H16FN3O2. The number of aromatic amines is 1. The van der Waals surface area contributed by atoms with Gasteiger partial charge in [0.25, 0.3) is 5.91 Å². The average molecular weight is 325 g/mol. The Balaban J connectivity index is 1.52. The van der Waals surface area contributed by atoms with E-state index in [1.165, 1.54) is 18.2 Å². The van der Waals surface area contributed by atoms with E-state index in [0.29, 0.717) is 6.42 Å². The summed E-state index contributed by atoms with van der Waals surface area (Å²) in [6.07, 6.45) is 2.65. The van der Waals surface area contributed by atoms with Crippen LogP contribution in [0.4, 0.5) is 4.39 Å². The first-order valence-corrected chi connectivity index (χ1v) is 7.53. The van der Waals surface area contributed by atoms with E-state index < -0.39 is 11.7 Å². The van der Waals surface area contributed by atoms with Crippen molar-refractivity contribution in [3.8, 4) is 0 Å². The van der Waals surface area contributed by atoms with Crippen LogP contribution in [-0.4, -0.2) is 16.8 Å². The van der Waals surface area contributed by atoms with E-state index in [9.17, 15) is 14.0 Å². The van der Waals surface area contributed by atoms with E-state index in [2.05, 4.69) is 15.8 Å². The van der Waals surface area contributed by atoms with Crippen LogP contribution < -0.4 is 10.9 Å². The van der Waals surface area contributed by atoms with Gasteiger partial charge in [0, 0.05) is 29.1 Å². The second kappa shape index (κ2) is 6.95. The summed E-state index contributed by atoms with van der Waals surface area (Å²) < 4.78 is 13.1. The molecule has 0 saturated carbocycles. The number of carbonyl (C=O) groups excluding carboxylic acids is 2. The lowest BCUT2D eigenvalue weighted by Gasteiger charge is -2.07. The van der Waals surface area contributed by atoms with Crippen molar-refractivity contribution in [1.82, 2.24) is 15.8 Å². The molecule has 2 aromatic carbocycles. The van der Waals surface area contributed by atoms with Gasteiger partial charge >= 0.3 is 0 Å². The van der Waals surface area contributed by atoms with Crippen LogP contribution in [0.25, 0.3) is 10.9 Å². The number of fused-ring (bicyclic) bond motifs is 1. The van der Waals surface area contributed by atoms with E-state index in [-0.39, 0.29) is 17.9 Å². The van der Waals surface area contributed by atoms with Gasteiger partial charge in [-0.3, -0.25) is 20.4 Å². The number of hydrogen-bond donors (Lipinski definition) is 3. The Hall–Kier alpha value is -3.15. The Kier molecular flexibility index (Phi) is 4.56. The first kappa shape index (κ1) is 15.7. The van der Waals surface area contributed by atoms with Gasteiger partial charge in [0.15, 0.2) is 0 Å². The molecule has 122 valence electrons. The molecule has 3 rings (SSSR count). The average Bonchev–Trinajstić information content (AvgIpc) is 3.01. The molecule has 0 bridgehead atoms. The summed E-state index contributed by atoms with van der Waals surface area (Å²) in [7, 11) is 0. The van der Waals surface area contributed by atoms with Crippen LogP contribution >= 0.6 is 0 Å². The summed E-state index contributed by atoms with van der Waals surface area (Å²) >= 11 is 0. The highest BCUT2D eigenvalue weighted by Crippen LogP contribution is 2.18. The number of amides is 2. The SMILES string of the molecule is O=C(CCc1c[nH]c2ccccc12)NNC(=O)c1cccc(F)c1. The van der Waals surface area contributed by atoms with Crippen molar-refractivity contribution < 1.29 is 14.0 Å². The van der Waals surface area contributed by atoms with Gasteiger partial charge in [-0.25, -0.2) is 4.39 Å². The van der Waals surface area contributed by atoms with Gasteiger partial charge in [-0.1, -0.05) is 24.3 Å².